The first-order valence-electron chi connectivity index (χ1n) is 4.62. The van der Waals surface area contributed by atoms with Crippen LogP contribution in [0.4, 0.5) is 0 Å². The topological polar surface area (TPSA) is 88.5 Å². The number of hydrogen-bond donors (Lipinski definition) is 1. The molecule has 1 aromatic heterocycles. The maximum Gasteiger partial charge on any atom is 0.345 e. The van der Waals surface area contributed by atoms with Gasteiger partial charge in [0.1, 0.15) is 14.7 Å². The first kappa shape index (κ1) is 14.3. The monoisotopic (exact) mass is 296 g/mol. The van der Waals surface area contributed by atoms with E-state index < -0.39 is 26.6 Å². The van der Waals surface area contributed by atoms with Crippen LogP contribution in [0, 0.1) is 0 Å². The molecule has 0 fully saturated rings. The van der Waals surface area contributed by atoms with Gasteiger partial charge in [0, 0.05) is 27.7 Å². The number of carboxylic acids is 1. The van der Waals surface area contributed by atoms with Crippen LogP contribution < -0.4 is 0 Å². The molecule has 0 spiro atoms. The number of thiophene rings is 1. The molecule has 0 aromatic carbocycles. The highest BCUT2D eigenvalue weighted by Gasteiger charge is 2.11. The lowest BCUT2D eigenvalue weighted by Gasteiger charge is -1.99. The van der Waals surface area contributed by atoms with E-state index >= 15 is 0 Å². The maximum atomic E-state index is 11.5. The standard InChI is InChI=1S/C9H12O5S3/c1-17(13,14)5-4-16(12)6-7-2-3-8(15-7)9(10)11/h2-3H,4-6H2,1H3,(H,10,11). The highest BCUT2D eigenvalue weighted by Crippen LogP contribution is 2.18. The van der Waals surface area contributed by atoms with Gasteiger partial charge >= 0.3 is 5.97 Å². The van der Waals surface area contributed by atoms with Crippen molar-refractivity contribution in [2.24, 2.45) is 0 Å². The number of aromatic carboxylic acids is 1. The van der Waals surface area contributed by atoms with Crippen molar-refractivity contribution in [3.05, 3.63) is 21.9 Å². The lowest BCUT2D eigenvalue weighted by Crippen LogP contribution is -2.12. The van der Waals surface area contributed by atoms with Crippen molar-refractivity contribution >= 4 is 37.9 Å². The fraction of sp³-hybridized carbons (Fsp3) is 0.444. The van der Waals surface area contributed by atoms with Gasteiger partial charge in [0.2, 0.25) is 0 Å². The second-order valence-electron chi connectivity index (χ2n) is 3.49. The fourth-order valence-corrected chi connectivity index (χ4v) is 4.83. The Morgan fingerprint density at radius 2 is 2.12 bits per heavy atom. The summed E-state index contributed by atoms with van der Waals surface area (Å²) in [7, 11) is -4.38. The van der Waals surface area contributed by atoms with E-state index in [9.17, 15) is 17.4 Å². The van der Waals surface area contributed by atoms with E-state index in [2.05, 4.69) is 0 Å². The van der Waals surface area contributed by atoms with E-state index in [-0.39, 0.29) is 22.1 Å². The highest BCUT2D eigenvalue weighted by molar-refractivity contribution is 7.92. The van der Waals surface area contributed by atoms with E-state index in [4.69, 9.17) is 5.11 Å². The van der Waals surface area contributed by atoms with Crippen LogP contribution in [0.2, 0.25) is 0 Å². The van der Waals surface area contributed by atoms with Crippen molar-refractivity contribution in [3.8, 4) is 0 Å². The zero-order valence-corrected chi connectivity index (χ0v) is 11.5. The van der Waals surface area contributed by atoms with Crippen molar-refractivity contribution < 1.29 is 22.5 Å². The van der Waals surface area contributed by atoms with Gasteiger partial charge in [-0.2, -0.15) is 0 Å². The first-order chi connectivity index (χ1) is 7.78. The van der Waals surface area contributed by atoms with Crippen LogP contribution in [-0.2, 0) is 26.4 Å². The SMILES string of the molecule is CS(=O)(=O)CCS(=O)Cc1ccc(C(=O)O)s1. The molecule has 1 aromatic rings. The molecular formula is C9H12O5S3. The number of carbonyl (C=O) groups is 1. The average Bonchev–Trinajstić information content (AvgIpc) is 2.62. The van der Waals surface area contributed by atoms with E-state index in [1.807, 2.05) is 0 Å². The third kappa shape index (κ3) is 5.42. The van der Waals surface area contributed by atoms with Crippen molar-refractivity contribution in [2.75, 3.05) is 17.8 Å². The molecule has 0 saturated carbocycles. The molecule has 1 N–H and O–H groups in total. The molecule has 1 rings (SSSR count). The lowest BCUT2D eigenvalue weighted by molar-refractivity contribution is 0.0702. The summed E-state index contributed by atoms with van der Waals surface area (Å²) in [5.74, 6) is -0.841. The Bertz CT molecular complexity index is 529. The van der Waals surface area contributed by atoms with Gasteiger partial charge in [-0.1, -0.05) is 0 Å². The zero-order chi connectivity index (χ0) is 13.1. The Morgan fingerprint density at radius 1 is 1.47 bits per heavy atom. The summed E-state index contributed by atoms with van der Waals surface area (Å²) in [6.45, 7) is 0. The third-order valence-corrected chi connectivity index (χ3v) is 5.61. The predicted octanol–water partition coefficient (Wildman–Crippen LogP) is 0.740. The minimum atomic E-state index is -3.10. The molecule has 96 valence electrons. The molecule has 5 nitrogen and oxygen atoms in total. The first-order valence-corrected chi connectivity index (χ1v) is 8.99. The second kappa shape index (κ2) is 5.74. The second-order valence-corrected chi connectivity index (χ2v) is 8.49. The van der Waals surface area contributed by atoms with Crippen molar-refractivity contribution in [1.29, 1.82) is 0 Å². The molecule has 0 bridgehead atoms. The van der Waals surface area contributed by atoms with Gasteiger partial charge in [-0.05, 0) is 12.1 Å². The Morgan fingerprint density at radius 3 is 2.59 bits per heavy atom. The van der Waals surface area contributed by atoms with E-state index in [1.165, 1.54) is 6.07 Å². The van der Waals surface area contributed by atoms with Crippen LogP contribution in [0.5, 0.6) is 0 Å². The fourth-order valence-electron chi connectivity index (χ4n) is 1.05. The molecule has 1 heterocycles. The summed E-state index contributed by atoms with van der Waals surface area (Å²) < 4.78 is 33.3. The summed E-state index contributed by atoms with van der Waals surface area (Å²) in [6.07, 6.45) is 1.10. The number of sulfone groups is 1. The Kier molecular flexibility index (Phi) is 4.84. The number of carboxylic acid groups (broad SMARTS) is 1. The van der Waals surface area contributed by atoms with E-state index in [0.717, 1.165) is 17.6 Å². The van der Waals surface area contributed by atoms with Gasteiger partial charge in [0.05, 0.1) is 11.5 Å². The van der Waals surface area contributed by atoms with Gasteiger partial charge in [-0.3, -0.25) is 4.21 Å². The van der Waals surface area contributed by atoms with Crippen molar-refractivity contribution in [2.45, 2.75) is 5.75 Å². The molecular weight excluding hydrogens is 284 g/mol. The minimum absolute atomic E-state index is 0.0825. The van der Waals surface area contributed by atoms with Crippen molar-refractivity contribution in [3.63, 3.8) is 0 Å². The summed E-state index contributed by atoms with van der Waals surface area (Å²) in [4.78, 5) is 11.5. The highest BCUT2D eigenvalue weighted by atomic mass is 32.2. The quantitative estimate of drug-likeness (QED) is 0.836. The Hall–Kier alpha value is -0.730. The Balaban J connectivity index is 2.53. The van der Waals surface area contributed by atoms with Crippen LogP contribution in [0.1, 0.15) is 14.5 Å². The summed E-state index contributed by atoms with van der Waals surface area (Å²) in [5, 5.41) is 8.70. The molecule has 0 aliphatic carbocycles. The average molecular weight is 296 g/mol. The summed E-state index contributed by atoms with van der Waals surface area (Å²) in [6, 6.07) is 3.06. The smallest absolute Gasteiger partial charge is 0.345 e. The molecule has 0 radical (unpaired) electrons. The van der Waals surface area contributed by atoms with Gasteiger partial charge in [0.15, 0.2) is 0 Å². The molecule has 1 atom stereocenters. The normalized spacial score (nSPS) is 13.5. The molecule has 0 aliphatic heterocycles. The molecule has 1 unspecified atom stereocenters. The lowest BCUT2D eigenvalue weighted by atomic mass is 10.4. The van der Waals surface area contributed by atoms with Gasteiger partial charge in [-0.25, -0.2) is 13.2 Å². The molecule has 0 amide bonds. The number of rotatable bonds is 6. The summed E-state index contributed by atoms with van der Waals surface area (Å²) >= 11 is 1.06. The molecule has 0 saturated heterocycles. The molecule has 0 aliphatic rings. The van der Waals surface area contributed by atoms with Crippen LogP contribution in [0.15, 0.2) is 12.1 Å². The zero-order valence-electron chi connectivity index (χ0n) is 9.08. The van der Waals surface area contributed by atoms with Crippen LogP contribution in [0.25, 0.3) is 0 Å². The summed E-state index contributed by atoms with van der Waals surface area (Å²) in [5.41, 5.74) is 0. The molecule has 8 heteroatoms. The minimum Gasteiger partial charge on any atom is -0.477 e. The van der Waals surface area contributed by atoms with Gasteiger partial charge in [-0.15, -0.1) is 11.3 Å². The maximum absolute atomic E-state index is 11.5. The van der Waals surface area contributed by atoms with E-state index in [0.29, 0.717) is 4.88 Å². The largest absolute Gasteiger partial charge is 0.477 e. The van der Waals surface area contributed by atoms with Crippen LogP contribution >= 0.6 is 11.3 Å². The van der Waals surface area contributed by atoms with Crippen LogP contribution in [0.3, 0.4) is 0 Å². The van der Waals surface area contributed by atoms with Crippen molar-refractivity contribution in [1.82, 2.24) is 0 Å². The number of hydrogen-bond acceptors (Lipinski definition) is 5. The van der Waals surface area contributed by atoms with E-state index in [1.54, 1.807) is 6.07 Å². The van der Waals surface area contributed by atoms with Crippen LogP contribution in [-0.4, -0.2) is 41.5 Å². The van der Waals surface area contributed by atoms with Gasteiger partial charge in [0.25, 0.3) is 0 Å². The predicted molar refractivity (Wildman–Crippen MR) is 67.7 cm³/mol. The van der Waals surface area contributed by atoms with Gasteiger partial charge < -0.3 is 5.11 Å². The third-order valence-electron chi connectivity index (χ3n) is 1.86. The molecule has 17 heavy (non-hydrogen) atoms. The Labute approximate surface area is 106 Å².